The summed E-state index contributed by atoms with van der Waals surface area (Å²) in [6, 6.07) is 0. The molecular weight excluding hydrogens is 350 g/mol. The second-order valence-electron chi connectivity index (χ2n) is 8.26. The Balaban J connectivity index is 1.39. The SMILES string of the molecule is CCN(CC)C(=O)CSCC(=O)NNC(=O)C12CC3CC(CC(C3)C1)C2. The molecular formula is C19H31N3O3S. The number of thioether (sulfide) groups is 1. The van der Waals surface area contributed by atoms with Crippen LogP contribution in [0.15, 0.2) is 0 Å². The molecule has 6 nitrogen and oxygen atoms in total. The lowest BCUT2D eigenvalue weighted by Crippen LogP contribution is -2.57. The van der Waals surface area contributed by atoms with Gasteiger partial charge in [-0.1, -0.05) is 0 Å². The number of carbonyl (C=O) groups is 3. The van der Waals surface area contributed by atoms with E-state index in [0.29, 0.717) is 30.8 Å². The number of rotatable bonds is 7. The average Bonchev–Trinajstić information content (AvgIpc) is 2.59. The molecule has 0 aliphatic heterocycles. The van der Waals surface area contributed by atoms with Crippen LogP contribution in [0.2, 0.25) is 0 Å². The Morgan fingerprint density at radius 3 is 1.96 bits per heavy atom. The first-order valence-corrected chi connectivity index (χ1v) is 11.1. The van der Waals surface area contributed by atoms with Gasteiger partial charge in [-0.25, -0.2) is 0 Å². The van der Waals surface area contributed by atoms with Crippen LogP contribution in [-0.4, -0.2) is 47.2 Å². The van der Waals surface area contributed by atoms with E-state index in [9.17, 15) is 14.4 Å². The van der Waals surface area contributed by atoms with Gasteiger partial charge < -0.3 is 4.90 Å². The lowest BCUT2D eigenvalue weighted by atomic mass is 9.49. The predicted octanol–water partition coefficient (Wildman–Crippen LogP) is 1.95. The van der Waals surface area contributed by atoms with Gasteiger partial charge in [0.15, 0.2) is 0 Å². The molecule has 0 radical (unpaired) electrons. The number of amides is 3. The first kappa shape index (κ1) is 19.5. The van der Waals surface area contributed by atoms with E-state index < -0.39 is 0 Å². The second-order valence-corrected chi connectivity index (χ2v) is 9.24. The summed E-state index contributed by atoms with van der Waals surface area (Å²) in [6.45, 7) is 5.25. The van der Waals surface area contributed by atoms with Crippen molar-refractivity contribution in [2.24, 2.45) is 23.2 Å². The molecule has 146 valence electrons. The van der Waals surface area contributed by atoms with Gasteiger partial charge in [0.1, 0.15) is 0 Å². The fourth-order valence-electron chi connectivity index (χ4n) is 5.58. The molecule has 26 heavy (non-hydrogen) atoms. The molecule has 0 atom stereocenters. The van der Waals surface area contributed by atoms with Crippen LogP contribution < -0.4 is 10.9 Å². The van der Waals surface area contributed by atoms with E-state index in [1.807, 2.05) is 13.8 Å². The van der Waals surface area contributed by atoms with Crippen LogP contribution in [0.4, 0.5) is 0 Å². The third-order valence-corrected chi connectivity index (χ3v) is 7.33. The molecule has 4 saturated carbocycles. The van der Waals surface area contributed by atoms with Gasteiger partial charge in [0.25, 0.3) is 0 Å². The fraction of sp³-hybridized carbons (Fsp3) is 0.842. The maximum atomic E-state index is 12.8. The Bertz CT molecular complexity index is 527. The Kier molecular flexibility index (Phi) is 6.15. The van der Waals surface area contributed by atoms with E-state index in [-0.39, 0.29) is 34.6 Å². The van der Waals surface area contributed by atoms with Gasteiger partial charge in [0, 0.05) is 13.1 Å². The lowest BCUT2D eigenvalue weighted by molar-refractivity contribution is -0.148. The van der Waals surface area contributed by atoms with E-state index in [1.165, 1.54) is 31.0 Å². The number of carbonyl (C=O) groups excluding carboxylic acids is 3. The zero-order valence-electron chi connectivity index (χ0n) is 15.9. The molecule has 0 unspecified atom stereocenters. The number of nitrogens with zero attached hydrogens (tertiary/aromatic N) is 1. The van der Waals surface area contributed by atoms with Gasteiger partial charge >= 0.3 is 0 Å². The molecule has 4 fully saturated rings. The number of hydrogen-bond acceptors (Lipinski definition) is 4. The van der Waals surface area contributed by atoms with Crippen molar-refractivity contribution in [2.45, 2.75) is 52.4 Å². The smallest absolute Gasteiger partial charge is 0.248 e. The van der Waals surface area contributed by atoms with Crippen LogP contribution in [0, 0.1) is 23.2 Å². The third kappa shape index (κ3) is 4.18. The molecule has 0 aromatic rings. The highest BCUT2D eigenvalue weighted by Crippen LogP contribution is 2.59. The minimum Gasteiger partial charge on any atom is -0.343 e. The highest BCUT2D eigenvalue weighted by Gasteiger charge is 2.54. The molecule has 0 aromatic carbocycles. The van der Waals surface area contributed by atoms with Gasteiger partial charge in [-0.05, 0) is 70.1 Å². The maximum absolute atomic E-state index is 12.8. The fourth-order valence-corrected chi connectivity index (χ4v) is 6.30. The molecule has 4 rings (SSSR count). The largest absolute Gasteiger partial charge is 0.343 e. The number of hydrazine groups is 1. The minimum atomic E-state index is -0.256. The quantitative estimate of drug-likeness (QED) is 0.661. The summed E-state index contributed by atoms with van der Waals surface area (Å²) in [5.74, 6) is 2.35. The maximum Gasteiger partial charge on any atom is 0.248 e. The summed E-state index contributed by atoms with van der Waals surface area (Å²) >= 11 is 1.29. The zero-order chi connectivity index (χ0) is 18.7. The Hall–Kier alpha value is -1.24. The van der Waals surface area contributed by atoms with Crippen molar-refractivity contribution >= 4 is 29.5 Å². The van der Waals surface area contributed by atoms with Crippen LogP contribution in [0.5, 0.6) is 0 Å². The van der Waals surface area contributed by atoms with Gasteiger partial charge in [-0.3, -0.25) is 25.2 Å². The molecule has 0 spiro atoms. The molecule has 7 heteroatoms. The summed E-state index contributed by atoms with van der Waals surface area (Å²) < 4.78 is 0. The van der Waals surface area contributed by atoms with Crippen molar-refractivity contribution in [1.82, 2.24) is 15.8 Å². The second kappa shape index (κ2) is 8.19. The van der Waals surface area contributed by atoms with Gasteiger partial charge in [-0.2, -0.15) is 0 Å². The van der Waals surface area contributed by atoms with Crippen LogP contribution in [-0.2, 0) is 14.4 Å². The van der Waals surface area contributed by atoms with Crippen molar-refractivity contribution in [3.63, 3.8) is 0 Å². The van der Waals surface area contributed by atoms with Crippen molar-refractivity contribution in [3.8, 4) is 0 Å². The first-order chi connectivity index (χ1) is 12.5. The highest BCUT2D eigenvalue weighted by molar-refractivity contribution is 8.00. The molecule has 0 heterocycles. The Morgan fingerprint density at radius 2 is 1.46 bits per heavy atom. The van der Waals surface area contributed by atoms with Gasteiger partial charge in [0.2, 0.25) is 17.7 Å². The number of nitrogens with one attached hydrogen (secondary N) is 2. The number of hydrogen-bond donors (Lipinski definition) is 2. The van der Waals surface area contributed by atoms with Crippen LogP contribution in [0.3, 0.4) is 0 Å². The van der Waals surface area contributed by atoms with E-state index in [0.717, 1.165) is 19.3 Å². The van der Waals surface area contributed by atoms with E-state index in [1.54, 1.807) is 4.90 Å². The minimum absolute atomic E-state index is 0.00540. The van der Waals surface area contributed by atoms with E-state index in [2.05, 4.69) is 10.9 Å². The topological polar surface area (TPSA) is 78.5 Å². The van der Waals surface area contributed by atoms with Crippen LogP contribution in [0.1, 0.15) is 52.4 Å². The summed E-state index contributed by atoms with van der Waals surface area (Å²) in [5, 5.41) is 0. The summed E-state index contributed by atoms with van der Waals surface area (Å²) in [4.78, 5) is 38.4. The lowest BCUT2D eigenvalue weighted by Gasteiger charge is -2.55. The average molecular weight is 382 g/mol. The monoisotopic (exact) mass is 381 g/mol. The molecule has 2 N–H and O–H groups in total. The van der Waals surface area contributed by atoms with E-state index >= 15 is 0 Å². The molecule has 3 amide bonds. The van der Waals surface area contributed by atoms with Gasteiger partial charge in [-0.15, -0.1) is 11.8 Å². The van der Waals surface area contributed by atoms with Crippen LogP contribution >= 0.6 is 11.8 Å². The summed E-state index contributed by atoms with van der Waals surface area (Å²) in [7, 11) is 0. The van der Waals surface area contributed by atoms with Crippen molar-refractivity contribution in [1.29, 1.82) is 0 Å². The highest BCUT2D eigenvalue weighted by atomic mass is 32.2. The Labute approximate surface area is 160 Å². The van der Waals surface area contributed by atoms with Gasteiger partial charge in [0.05, 0.1) is 16.9 Å². The molecule has 0 saturated heterocycles. The van der Waals surface area contributed by atoms with Crippen molar-refractivity contribution < 1.29 is 14.4 Å². The molecule has 4 aliphatic rings. The Morgan fingerprint density at radius 1 is 0.923 bits per heavy atom. The van der Waals surface area contributed by atoms with Crippen LogP contribution in [0.25, 0.3) is 0 Å². The predicted molar refractivity (Wildman–Crippen MR) is 102 cm³/mol. The van der Waals surface area contributed by atoms with Crippen molar-refractivity contribution in [3.05, 3.63) is 0 Å². The van der Waals surface area contributed by atoms with Crippen molar-refractivity contribution in [2.75, 3.05) is 24.6 Å². The van der Waals surface area contributed by atoms with E-state index in [4.69, 9.17) is 0 Å². The zero-order valence-corrected chi connectivity index (χ0v) is 16.7. The molecule has 0 aromatic heterocycles. The molecule has 4 aliphatic carbocycles. The normalized spacial score (nSPS) is 31.5. The molecule has 4 bridgehead atoms. The standard InChI is InChI=1S/C19H31N3O3S/c1-3-22(4-2)17(24)12-26-11-16(23)20-21-18(25)19-8-13-5-14(9-19)7-15(6-13)10-19/h13-15H,3-12H2,1-2H3,(H,20,23)(H,21,25). The summed E-state index contributed by atoms with van der Waals surface area (Å²) in [6.07, 6.45) is 6.80. The first-order valence-electron chi connectivity index (χ1n) is 9.90. The summed E-state index contributed by atoms with van der Waals surface area (Å²) in [5.41, 5.74) is 4.97. The third-order valence-electron chi connectivity index (χ3n) is 6.41.